The number of nitrogens with zero attached hydrogens (tertiary/aromatic N) is 4. The van der Waals surface area contributed by atoms with E-state index in [1.807, 2.05) is 0 Å². The van der Waals surface area contributed by atoms with Crippen LogP contribution in [0.3, 0.4) is 0 Å². The summed E-state index contributed by atoms with van der Waals surface area (Å²) in [5.74, 6) is -0.222. The molecule has 0 aliphatic heterocycles. The van der Waals surface area contributed by atoms with E-state index in [-0.39, 0.29) is 42.1 Å². The van der Waals surface area contributed by atoms with Gasteiger partial charge >= 0.3 is 6.18 Å². The summed E-state index contributed by atoms with van der Waals surface area (Å²) in [6.45, 7) is -0.479. The molecule has 0 bridgehead atoms. The van der Waals surface area contributed by atoms with Crippen molar-refractivity contribution >= 4 is 27.2 Å². The predicted molar refractivity (Wildman–Crippen MR) is 121 cm³/mol. The first-order chi connectivity index (χ1) is 16.7. The highest BCUT2D eigenvalue weighted by molar-refractivity contribution is 7.92. The van der Waals surface area contributed by atoms with Crippen LogP contribution >= 0.6 is 11.3 Å². The van der Waals surface area contributed by atoms with Crippen molar-refractivity contribution < 1.29 is 31.4 Å². The predicted octanol–water partition coefficient (Wildman–Crippen LogP) is 3.85. The zero-order chi connectivity index (χ0) is 25.1. The number of nitrogens with one attached hydrogen (secondary N) is 1. The monoisotopic (exact) mass is 523 g/mol. The molecule has 0 atom stereocenters. The summed E-state index contributed by atoms with van der Waals surface area (Å²) < 4.78 is 72.8. The fourth-order valence-electron chi connectivity index (χ4n) is 2.93. The highest BCUT2D eigenvalue weighted by Crippen LogP contribution is 2.39. The number of ether oxygens (including phenoxy) is 1. The number of aliphatic hydroxyl groups is 1. The van der Waals surface area contributed by atoms with Crippen molar-refractivity contribution in [3.63, 3.8) is 0 Å². The summed E-state index contributed by atoms with van der Waals surface area (Å²) in [7, 11) is -4.37. The van der Waals surface area contributed by atoms with E-state index in [4.69, 9.17) is 4.74 Å². The zero-order valence-electron chi connectivity index (χ0n) is 17.6. The lowest BCUT2D eigenvalue weighted by molar-refractivity contribution is -0.137. The van der Waals surface area contributed by atoms with Gasteiger partial charge in [0, 0.05) is 17.3 Å². The molecule has 0 fully saturated rings. The normalized spacial score (nSPS) is 11.9. The van der Waals surface area contributed by atoms with Crippen LogP contribution in [0.1, 0.15) is 5.56 Å². The molecule has 0 aliphatic rings. The van der Waals surface area contributed by atoms with Gasteiger partial charge < -0.3 is 9.84 Å². The molecule has 4 aromatic rings. The van der Waals surface area contributed by atoms with Crippen LogP contribution in [-0.2, 0) is 16.2 Å². The maximum Gasteiger partial charge on any atom is 0.416 e. The van der Waals surface area contributed by atoms with Gasteiger partial charge in [0.1, 0.15) is 6.61 Å². The molecule has 0 unspecified atom stereocenters. The molecule has 0 radical (unpaired) electrons. The minimum absolute atomic E-state index is 0.0379. The Morgan fingerprint density at radius 3 is 2.31 bits per heavy atom. The summed E-state index contributed by atoms with van der Waals surface area (Å²) in [4.78, 5) is 16.9. The molecule has 2 N–H and O–H groups in total. The van der Waals surface area contributed by atoms with Gasteiger partial charge in [0.05, 0.1) is 22.6 Å². The second-order valence-corrected chi connectivity index (χ2v) is 9.46. The molecular formula is C21H16F3N5O4S2. The van der Waals surface area contributed by atoms with Crippen molar-refractivity contribution in [2.45, 2.75) is 11.1 Å². The number of rotatable bonds is 8. The number of halogens is 3. The lowest BCUT2D eigenvalue weighted by Gasteiger charge is -2.16. The molecular weight excluding hydrogens is 507 g/mol. The maximum atomic E-state index is 13.1. The van der Waals surface area contributed by atoms with E-state index in [1.54, 1.807) is 23.6 Å². The van der Waals surface area contributed by atoms with Crippen molar-refractivity contribution in [2.24, 2.45) is 0 Å². The van der Waals surface area contributed by atoms with Crippen LogP contribution in [0.5, 0.6) is 5.88 Å². The lowest BCUT2D eigenvalue weighted by atomic mass is 10.2. The fourth-order valence-corrected chi connectivity index (χ4v) is 4.70. The van der Waals surface area contributed by atoms with Crippen LogP contribution < -0.4 is 9.46 Å². The Labute approximate surface area is 201 Å². The number of anilines is 1. The summed E-state index contributed by atoms with van der Waals surface area (Å²) in [6, 6.07) is 8.02. The number of alkyl halides is 3. The molecule has 3 aromatic heterocycles. The molecule has 1 aromatic carbocycles. The third-order valence-corrected chi connectivity index (χ3v) is 6.70. The largest absolute Gasteiger partial charge is 0.475 e. The third-order valence-electron chi connectivity index (χ3n) is 4.46. The van der Waals surface area contributed by atoms with E-state index < -0.39 is 26.7 Å². The average Bonchev–Trinajstić information content (AvgIpc) is 3.37. The minimum Gasteiger partial charge on any atom is -0.475 e. The number of thiophene rings is 1. The van der Waals surface area contributed by atoms with Gasteiger partial charge in [-0.1, -0.05) is 6.07 Å². The molecule has 14 heteroatoms. The van der Waals surface area contributed by atoms with Crippen LogP contribution in [0.25, 0.3) is 22.1 Å². The highest BCUT2D eigenvalue weighted by atomic mass is 32.2. The van der Waals surface area contributed by atoms with Crippen LogP contribution in [0.15, 0.2) is 65.1 Å². The van der Waals surface area contributed by atoms with E-state index in [2.05, 4.69) is 24.7 Å². The lowest BCUT2D eigenvalue weighted by Crippen LogP contribution is -2.17. The average molecular weight is 524 g/mol. The van der Waals surface area contributed by atoms with Gasteiger partial charge in [-0.2, -0.15) is 18.2 Å². The second kappa shape index (κ2) is 9.93. The molecule has 4 rings (SSSR count). The Balaban J connectivity index is 1.84. The van der Waals surface area contributed by atoms with Gasteiger partial charge in [0.15, 0.2) is 11.6 Å². The Morgan fingerprint density at radius 2 is 1.71 bits per heavy atom. The molecule has 9 nitrogen and oxygen atoms in total. The van der Waals surface area contributed by atoms with Gasteiger partial charge in [0.2, 0.25) is 11.7 Å². The van der Waals surface area contributed by atoms with Crippen LogP contribution in [0, 0.1) is 0 Å². The van der Waals surface area contributed by atoms with Crippen LogP contribution in [0.4, 0.5) is 19.0 Å². The zero-order valence-corrected chi connectivity index (χ0v) is 19.2. The van der Waals surface area contributed by atoms with Crippen molar-refractivity contribution in [2.75, 3.05) is 17.9 Å². The highest BCUT2D eigenvalue weighted by Gasteiger charge is 2.31. The van der Waals surface area contributed by atoms with E-state index in [1.165, 1.54) is 23.7 Å². The standard InChI is InChI=1S/C21H16F3N5O4S2/c22-21(23,24)13-4-6-14(7-5-13)35(31,32)29-17-16(15-3-1-12-34-15)20(33-11-10-30)28-19(27-17)18-25-8-2-9-26-18/h1-9,12,30H,10-11H2,(H,27,28,29). The summed E-state index contributed by atoms with van der Waals surface area (Å²) in [6.07, 6.45) is -1.73. The molecule has 0 spiro atoms. The molecule has 0 amide bonds. The van der Waals surface area contributed by atoms with E-state index in [0.717, 1.165) is 12.1 Å². The molecule has 0 saturated carbocycles. The van der Waals surface area contributed by atoms with Gasteiger partial charge in [0.25, 0.3) is 10.0 Å². The molecule has 3 heterocycles. The van der Waals surface area contributed by atoms with Gasteiger partial charge in [-0.3, -0.25) is 4.72 Å². The van der Waals surface area contributed by atoms with Crippen molar-refractivity contribution in [1.82, 2.24) is 19.9 Å². The summed E-state index contributed by atoms with van der Waals surface area (Å²) >= 11 is 1.25. The van der Waals surface area contributed by atoms with E-state index >= 15 is 0 Å². The van der Waals surface area contributed by atoms with Gasteiger partial charge in [-0.15, -0.1) is 11.3 Å². The Hall–Kier alpha value is -3.62. The van der Waals surface area contributed by atoms with E-state index in [9.17, 15) is 26.7 Å². The minimum atomic E-state index is -4.61. The molecule has 35 heavy (non-hydrogen) atoms. The van der Waals surface area contributed by atoms with Crippen molar-refractivity contribution in [3.05, 3.63) is 65.8 Å². The summed E-state index contributed by atoms with van der Waals surface area (Å²) in [5.41, 5.74) is -0.801. The molecule has 0 saturated heterocycles. The fraction of sp³-hybridized carbons (Fsp3) is 0.143. The Bertz CT molecular complexity index is 1400. The molecule has 0 aliphatic carbocycles. The van der Waals surface area contributed by atoms with Crippen molar-refractivity contribution in [3.8, 4) is 28.0 Å². The topological polar surface area (TPSA) is 127 Å². The number of aromatic nitrogens is 4. The Kier molecular flexibility index (Phi) is 6.95. The SMILES string of the molecule is O=S(=O)(Nc1nc(-c2ncccn2)nc(OCCO)c1-c1cccs1)c1ccc(C(F)(F)F)cc1. The van der Waals surface area contributed by atoms with Crippen LogP contribution in [-0.4, -0.2) is 46.7 Å². The Morgan fingerprint density at radius 1 is 1.00 bits per heavy atom. The van der Waals surface area contributed by atoms with Gasteiger partial charge in [-0.25, -0.2) is 23.4 Å². The maximum absolute atomic E-state index is 13.1. The number of benzene rings is 1. The van der Waals surface area contributed by atoms with Gasteiger partial charge in [-0.05, 0) is 41.8 Å². The van der Waals surface area contributed by atoms with E-state index in [0.29, 0.717) is 17.0 Å². The molecule has 182 valence electrons. The third kappa shape index (κ3) is 5.55. The first-order valence-corrected chi connectivity index (χ1v) is 12.2. The van der Waals surface area contributed by atoms with Crippen LogP contribution in [0.2, 0.25) is 0 Å². The first-order valence-electron chi connectivity index (χ1n) is 9.86. The quantitative estimate of drug-likeness (QED) is 0.357. The number of aliphatic hydroxyl groups excluding tert-OH is 1. The van der Waals surface area contributed by atoms with Crippen molar-refractivity contribution in [1.29, 1.82) is 0 Å². The number of hydrogen-bond acceptors (Lipinski definition) is 9. The second-order valence-electron chi connectivity index (χ2n) is 6.83. The number of sulfonamides is 1. The first kappa shape index (κ1) is 24.5. The smallest absolute Gasteiger partial charge is 0.416 e. The summed E-state index contributed by atoms with van der Waals surface area (Å²) in [5, 5.41) is 11.0. The number of hydrogen-bond donors (Lipinski definition) is 2.